The first-order chi connectivity index (χ1) is 9.83. The average molecular weight is 406 g/mol. The van der Waals surface area contributed by atoms with Crippen LogP contribution in [0.5, 0.6) is 0 Å². The molecule has 0 bridgehead atoms. The lowest BCUT2D eigenvalue weighted by Gasteiger charge is -2.11. The Morgan fingerprint density at radius 2 is 1.86 bits per heavy atom. The van der Waals surface area contributed by atoms with Crippen LogP contribution in [-0.4, -0.2) is 8.42 Å². The molecule has 0 aliphatic rings. The Kier molecular flexibility index (Phi) is 4.79. The second kappa shape index (κ2) is 6.24. The lowest BCUT2D eigenvalue weighted by Crippen LogP contribution is -2.14. The topological polar surface area (TPSA) is 70.0 Å². The third-order valence-electron chi connectivity index (χ3n) is 2.53. The van der Waals surface area contributed by atoms with Gasteiger partial charge in [-0.3, -0.25) is 4.72 Å². The molecular formula is C13H7BrCl2N2O2S. The normalized spacial score (nSPS) is 11.0. The van der Waals surface area contributed by atoms with Gasteiger partial charge >= 0.3 is 0 Å². The van der Waals surface area contributed by atoms with Crippen LogP contribution in [0.3, 0.4) is 0 Å². The van der Waals surface area contributed by atoms with Gasteiger partial charge in [0.25, 0.3) is 10.0 Å². The van der Waals surface area contributed by atoms with Gasteiger partial charge in [-0.05, 0) is 36.4 Å². The Morgan fingerprint density at radius 3 is 2.52 bits per heavy atom. The van der Waals surface area contributed by atoms with E-state index < -0.39 is 10.0 Å². The number of anilines is 1. The van der Waals surface area contributed by atoms with Crippen LogP contribution in [0.4, 0.5) is 5.69 Å². The van der Waals surface area contributed by atoms with Crippen molar-refractivity contribution in [1.29, 1.82) is 5.26 Å². The molecule has 0 unspecified atom stereocenters. The predicted molar refractivity (Wildman–Crippen MR) is 86.1 cm³/mol. The molecule has 0 spiro atoms. The zero-order valence-electron chi connectivity index (χ0n) is 10.3. The smallest absolute Gasteiger partial charge is 0.263 e. The minimum absolute atomic E-state index is 0.0420. The Balaban J connectivity index is 2.50. The lowest BCUT2D eigenvalue weighted by molar-refractivity contribution is 0.601. The summed E-state index contributed by atoms with van der Waals surface area (Å²) < 4.78 is 27.7. The van der Waals surface area contributed by atoms with E-state index >= 15 is 0 Å². The summed E-state index contributed by atoms with van der Waals surface area (Å²) in [6.07, 6.45) is 0. The molecule has 108 valence electrons. The second-order valence-corrected chi connectivity index (χ2v) is 7.39. The van der Waals surface area contributed by atoms with Crippen LogP contribution in [0.1, 0.15) is 5.56 Å². The number of nitrogens with one attached hydrogen (secondary N) is 1. The van der Waals surface area contributed by atoms with Crippen LogP contribution in [0, 0.1) is 11.3 Å². The molecule has 2 aromatic carbocycles. The van der Waals surface area contributed by atoms with Crippen molar-refractivity contribution in [3.05, 3.63) is 56.5 Å². The molecule has 0 fully saturated rings. The number of halogens is 3. The van der Waals surface area contributed by atoms with E-state index in [0.29, 0.717) is 4.47 Å². The minimum Gasteiger partial charge on any atom is -0.278 e. The largest absolute Gasteiger partial charge is 0.278 e. The molecule has 0 saturated heterocycles. The number of hydrogen-bond donors (Lipinski definition) is 1. The van der Waals surface area contributed by atoms with Gasteiger partial charge in [-0.2, -0.15) is 5.26 Å². The maximum Gasteiger partial charge on any atom is 0.263 e. The van der Waals surface area contributed by atoms with Crippen molar-refractivity contribution in [3.8, 4) is 6.07 Å². The van der Waals surface area contributed by atoms with Gasteiger partial charge in [-0.15, -0.1) is 0 Å². The molecule has 2 aromatic rings. The molecule has 0 radical (unpaired) electrons. The molecule has 0 heterocycles. The molecule has 2 rings (SSSR count). The van der Waals surface area contributed by atoms with E-state index in [0.717, 1.165) is 0 Å². The summed E-state index contributed by atoms with van der Waals surface area (Å²) in [6.45, 7) is 0. The van der Waals surface area contributed by atoms with Crippen LogP contribution >= 0.6 is 39.1 Å². The number of benzene rings is 2. The van der Waals surface area contributed by atoms with E-state index in [9.17, 15) is 8.42 Å². The second-order valence-electron chi connectivity index (χ2n) is 3.98. The van der Waals surface area contributed by atoms with E-state index in [4.69, 9.17) is 28.5 Å². The van der Waals surface area contributed by atoms with Crippen LogP contribution in [0.25, 0.3) is 0 Å². The standard InChI is InChI=1S/C13H7BrCl2N2O2S/c14-9-2-1-8(7-17)12(5-9)18-21(19,20)13-6-10(15)3-4-11(13)16/h1-6,18H. The summed E-state index contributed by atoms with van der Waals surface area (Å²) in [4.78, 5) is -0.152. The van der Waals surface area contributed by atoms with Crippen molar-refractivity contribution in [2.45, 2.75) is 4.90 Å². The zero-order valence-corrected chi connectivity index (χ0v) is 14.2. The third-order valence-corrected chi connectivity index (χ3v) is 5.10. The fraction of sp³-hybridized carbons (Fsp3) is 0. The molecule has 0 saturated carbocycles. The SMILES string of the molecule is N#Cc1ccc(Br)cc1NS(=O)(=O)c1cc(Cl)ccc1Cl. The van der Waals surface area contributed by atoms with E-state index in [2.05, 4.69) is 20.7 Å². The monoisotopic (exact) mass is 404 g/mol. The highest BCUT2D eigenvalue weighted by molar-refractivity contribution is 9.10. The molecular weight excluding hydrogens is 399 g/mol. The molecule has 0 aromatic heterocycles. The Bertz CT molecular complexity index is 848. The van der Waals surface area contributed by atoms with E-state index in [-0.39, 0.29) is 26.2 Å². The van der Waals surface area contributed by atoms with E-state index in [1.165, 1.54) is 30.3 Å². The number of sulfonamides is 1. The van der Waals surface area contributed by atoms with Gasteiger partial charge in [-0.1, -0.05) is 39.1 Å². The van der Waals surface area contributed by atoms with Crippen molar-refractivity contribution >= 4 is 54.8 Å². The summed E-state index contributed by atoms with van der Waals surface area (Å²) in [5.41, 5.74) is 0.350. The number of nitriles is 1. The third kappa shape index (κ3) is 3.69. The van der Waals surface area contributed by atoms with Crippen molar-refractivity contribution in [2.75, 3.05) is 4.72 Å². The van der Waals surface area contributed by atoms with E-state index in [1.54, 1.807) is 6.07 Å². The fourth-order valence-electron chi connectivity index (χ4n) is 1.58. The van der Waals surface area contributed by atoms with Gasteiger partial charge in [0, 0.05) is 9.50 Å². The maximum absolute atomic E-state index is 12.4. The maximum atomic E-state index is 12.4. The van der Waals surface area contributed by atoms with Gasteiger partial charge in [0.05, 0.1) is 16.3 Å². The number of rotatable bonds is 3. The van der Waals surface area contributed by atoms with Gasteiger partial charge in [0.15, 0.2) is 0 Å². The Morgan fingerprint density at radius 1 is 1.14 bits per heavy atom. The Hall–Kier alpha value is -1.26. The fourth-order valence-corrected chi connectivity index (χ4v) is 3.78. The van der Waals surface area contributed by atoms with Gasteiger partial charge < -0.3 is 0 Å². The lowest BCUT2D eigenvalue weighted by atomic mass is 10.2. The summed E-state index contributed by atoms with van der Waals surface area (Å²) in [6, 6.07) is 10.7. The highest BCUT2D eigenvalue weighted by Gasteiger charge is 2.20. The molecule has 8 heteroatoms. The Labute approximate surface area is 140 Å². The molecule has 0 aliphatic carbocycles. The summed E-state index contributed by atoms with van der Waals surface area (Å²) >= 11 is 14.9. The van der Waals surface area contributed by atoms with Crippen molar-refractivity contribution in [1.82, 2.24) is 0 Å². The minimum atomic E-state index is -3.95. The molecule has 1 N–H and O–H groups in total. The first-order valence-electron chi connectivity index (χ1n) is 5.51. The highest BCUT2D eigenvalue weighted by Crippen LogP contribution is 2.28. The van der Waals surface area contributed by atoms with Crippen molar-refractivity contribution in [3.63, 3.8) is 0 Å². The summed E-state index contributed by atoms with van der Waals surface area (Å²) in [5.74, 6) is 0. The number of nitrogens with zero attached hydrogens (tertiary/aromatic N) is 1. The average Bonchev–Trinajstić information content (AvgIpc) is 2.41. The summed E-state index contributed by atoms with van der Waals surface area (Å²) in [5, 5.41) is 9.32. The predicted octanol–water partition coefficient (Wildman–Crippen LogP) is 4.43. The molecule has 0 amide bonds. The molecule has 0 atom stereocenters. The zero-order chi connectivity index (χ0) is 15.6. The summed E-state index contributed by atoms with van der Waals surface area (Å²) in [7, 11) is -3.95. The molecule has 4 nitrogen and oxygen atoms in total. The first-order valence-corrected chi connectivity index (χ1v) is 8.54. The van der Waals surface area contributed by atoms with Crippen LogP contribution in [-0.2, 0) is 10.0 Å². The van der Waals surface area contributed by atoms with Crippen LogP contribution in [0.2, 0.25) is 10.0 Å². The van der Waals surface area contributed by atoms with E-state index in [1.807, 2.05) is 6.07 Å². The van der Waals surface area contributed by atoms with Gasteiger partial charge in [-0.25, -0.2) is 8.42 Å². The van der Waals surface area contributed by atoms with Gasteiger partial charge in [0.2, 0.25) is 0 Å². The van der Waals surface area contributed by atoms with Crippen LogP contribution < -0.4 is 4.72 Å². The van der Waals surface area contributed by atoms with Gasteiger partial charge in [0.1, 0.15) is 11.0 Å². The first kappa shape index (κ1) is 16.1. The van der Waals surface area contributed by atoms with Crippen LogP contribution in [0.15, 0.2) is 45.8 Å². The van der Waals surface area contributed by atoms with Crippen molar-refractivity contribution in [2.24, 2.45) is 0 Å². The quantitative estimate of drug-likeness (QED) is 0.820. The van der Waals surface area contributed by atoms with Crippen molar-refractivity contribution < 1.29 is 8.42 Å². The number of hydrogen-bond acceptors (Lipinski definition) is 3. The molecule has 21 heavy (non-hydrogen) atoms. The molecule has 0 aliphatic heterocycles. The highest BCUT2D eigenvalue weighted by atomic mass is 79.9.